The van der Waals surface area contributed by atoms with E-state index < -0.39 is 0 Å². The van der Waals surface area contributed by atoms with Crippen LogP contribution in [0.15, 0.2) is 40.9 Å². The molecule has 0 spiro atoms. The fourth-order valence-corrected chi connectivity index (χ4v) is 3.38. The van der Waals surface area contributed by atoms with Gasteiger partial charge in [0.1, 0.15) is 5.75 Å². The van der Waals surface area contributed by atoms with Gasteiger partial charge in [-0.25, -0.2) is 0 Å². The van der Waals surface area contributed by atoms with Crippen LogP contribution < -0.4 is 15.4 Å². The fraction of sp³-hybridized carbons (Fsp3) is 0.294. The molecule has 0 bridgehead atoms. The maximum Gasteiger partial charge on any atom is 0.123 e. The molecule has 0 saturated carbocycles. The molecule has 1 aliphatic heterocycles. The molecule has 0 fully saturated rings. The van der Waals surface area contributed by atoms with Crippen molar-refractivity contribution in [2.45, 2.75) is 19.4 Å². The Morgan fingerprint density at radius 3 is 2.95 bits per heavy atom. The number of rotatable bonds is 3. The Kier molecular flexibility index (Phi) is 4.06. The van der Waals surface area contributed by atoms with Crippen LogP contribution in [0.3, 0.4) is 0 Å². The number of hydrogen-bond acceptors (Lipinski definition) is 3. The summed E-state index contributed by atoms with van der Waals surface area (Å²) in [5, 5.41) is 0. The molecular weight excluding hydrogens is 328 g/mol. The third-order valence-electron chi connectivity index (χ3n) is 3.99. The molecule has 110 valence electrons. The summed E-state index contributed by atoms with van der Waals surface area (Å²) in [4.78, 5) is 2.39. The van der Waals surface area contributed by atoms with Gasteiger partial charge in [-0.1, -0.05) is 22.0 Å². The van der Waals surface area contributed by atoms with E-state index in [0.717, 1.165) is 41.8 Å². The number of nitrogens with zero attached hydrogens (tertiary/aromatic N) is 1. The lowest BCUT2D eigenvalue weighted by atomic mass is 9.99. The largest absolute Gasteiger partial charge is 0.496 e. The summed E-state index contributed by atoms with van der Waals surface area (Å²) in [5.41, 5.74) is 10.7. The normalized spacial score (nSPS) is 13.9. The molecule has 0 unspecified atom stereocenters. The maximum absolute atomic E-state index is 6.12. The van der Waals surface area contributed by atoms with Crippen molar-refractivity contribution in [3.8, 4) is 5.75 Å². The molecule has 3 rings (SSSR count). The number of fused-ring (bicyclic) bond motifs is 1. The molecule has 0 atom stereocenters. The second-order valence-corrected chi connectivity index (χ2v) is 6.24. The molecule has 1 aliphatic rings. The van der Waals surface area contributed by atoms with E-state index in [0.29, 0.717) is 0 Å². The van der Waals surface area contributed by atoms with E-state index in [-0.39, 0.29) is 0 Å². The van der Waals surface area contributed by atoms with Gasteiger partial charge in [0, 0.05) is 34.5 Å². The number of methoxy groups -OCH3 is 1. The molecule has 21 heavy (non-hydrogen) atoms. The molecule has 3 nitrogen and oxygen atoms in total. The lowest BCUT2D eigenvalue weighted by Crippen LogP contribution is -2.29. The second kappa shape index (κ2) is 5.98. The monoisotopic (exact) mass is 346 g/mol. The summed E-state index contributed by atoms with van der Waals surface area (Å²) in [6, 6.07) is 12.3. The van der Waals surface area contributed by atoms with Gasteiger partial charge in [-0.15, -0.1) is 0 Å². The van der Waals surface area contributed by atoms with Gasteiger partial charge in [0.25, 0.3) is 0 Å². The third kappa shape index (κ3) is 2.86. The highest BCUT2D eigenvalue weighted by molar-refractivity contribution is 9.10. The standard InChI is InChI=1S/C17H19BrN2O/c1-21-17-8-7-13(18)10-12(17)11-20-9-3-4-14-15(19)5-2-6-16(14)20/h2,5-8,10H,3-4,9,11,19H2,1H3. The van der Waals surface area contributed by atoms with Crippen molar-refractivity contribution < 1.29 is 4.74 Å². The predicted octanol–water partition coefficient (Wildman–Crippen LogP) is 3.99. The van der Waals surface area contributed by atoms with Crippen LogP contribution in [-0.2, 0) is 13.0 Å². The van der Waals surface area contributed by atoms with Crippen molar-refractivity contribution in [3.05, 3.63) is 52.0 Å². The van der Waals surface area contributed by atoms with Gasteiger partial charge in [0.2, 0.25) is 0 Å². The molecular formula is C17H19BrN2O. The molecule has 0 radical (unpaired) electrons. The summed E-state index contributed by atoms with van der Waals surface area (Å²) in [6.45, 7) is 1.88. The minimum Gasteiger partial charge on any atom is -0.496 e. The maximum atomic E-state index is 6.12. The van der Waals surface area contributed by atoms with Crippen LogP contribution in [0, 0.1) is 0 Å². The van der Waals surface area contributed by atoms with Gasteiger partial charge in [0.15, 0.2) is 0 Å². The summed E-state index contributed by atoms with van der Waals surface area (Å²) in [5.74, 6) is 0.925. The lowest BCUT2D eigenvalue weighted by Gasteiger charge is -2.32. The summed E-state index contributed by atoms with van der Waals surface area (Å²) in [7, 11) is 1.72. The van der Waals surface area contributed by atoms with Crippen molar-refractivity contribution in [3.63, 3.8) is 0 Å². The van der Waals surface area contributed by atoms with Gasteiger partial charge < -0.3 is 15.4 Å². The van der Waals surface area contributed by atoms with E-state index in [1.54, 1.807) is 7.11 Å². The van der Waals surface area contributed by atoms with E-state index in [9.17, 15) is 0 Å². The highest BCUT2D eigenvalue weighted by Gasteiger charge is 2.19. The van der Waals surface area contributed by atoms with E-state index in [1.165, 1.54) is 16.8 Å². The van der Waals surface area contributed by atoms with E-state index in [1.807, 2.05) is 24.3 Å². The quantitative estimate of drug-likeness (QED) is 0.854. The first kappa shape index (κ1) is 14.3. The molecule has 0 amide bonds. The van der Waals surface area contributed by atoms with E-state index in [4.69, 9.17) is 10.5 Å². The second-order valence-electron chi connectivity index (χ2n) is 5.33. The topological polar surface area (TPSA) is 38.5 Å². The van der Waals surface area contributed by atoms with Crippen molar-refractivity contribution in [1.29, 1.82) is 0 Å². The fourth-order valence-electron chi connectivity index (χ4n) is 2.97. The zero-order valence-corrected chi connectivity index (χ0v) is 13.7. The summed E-state index contributed by atoms with van der Waals surface area (Å²) in [6.07, 6.45) is 2.20. The molecule has 1 heterocycles. The average Bonchev–Trinajstić information content (AvgIpc) is 2.49. The zero-order valence-electron chi connectivity index (χ0n) is 12.1. The van der Waals surface area contributed by atoms with Crippen molar-refractivity contribution >= 4 is 27.3 Å². The Morgan fingerprint density at radius 1 is 1.29 bits per heavy atom. The Bertz CT molecular complexity index is 657. The minimum atomic E-state index is 0.832. The number of benzene rings is 2. The van der Waals surface area contributed by atoms with Gasteiger partial charge in [0.05, 0.1) is 7.11 Å². The number of ether oxygens (including phenoxy) is 1. The summed E-state index contributed by atoms with van der Waals surface area (Å²) < 4.78 is 6.55. The Hall–Kier alpha value is -1.68. The minimum absolute atomic E-state index is 0.832. The molecule has 0 aliphatic carbocycles. The third-order valence-corrected chi connectivity index (χ3v) is 4.48. The first-order valence-electron chi connectivity index (χ1n) is 7.14. The first-order valence-corrected chi connectivity index (χ1v) is 7.93. The lowest BCUT2D eigenvalue weighted by molar-refractivity contribution is 0.409. The molecule has 0 aromatic heterocycles. The number of nitrogens with two attached hydrogens (primary N) is 1. The van der Waals surface area contributed by atoms with Gasteiger partial charge in [-0.05, 0) is 48.7 Å². The van der Waals surface area contributed by atoms with E-state index >= 15 is 0 Å². The average molecular weight is 347 g/mol. The number of anilines is 2. The van der Waals surface area contributed by atoms with Crippen molar-refractivity contribution in [2.24, 2.45) is 0 Å². The molecule has 2 aromatic carbocycles. The zero-order chi connectivity index (χ0) is 14.8. The summed E-state index contributed by atoms with van der Waals surface area (Å²) >= 11 is 3.54. The van der Waals surface area contributed by atoms with Crippen LogP contribution in [0.4, 0.5) is 11.4 Å². The Balaban J connectivity index is 1.94. The number of halogens is 1. The molecule has 2 aromatic rings. The van der Waals surface area contributed by atoms with Crippen molar-refractivity contribution in [1.82, 2.24) is 0 Å². The van der Waals surface area contributed by atoms with Crippen LogP contribution >= 0.6 is 15.9 Å². The highest BCUT2D eigenvalue weighted by atomic mass is 79.9. The van der Waals surface area contributed by atoms with Crippen molar-refractivity contribution in [2.75, 3.05) is 24.3 Å². The smallest absolute Gasteiger partial charge is 0.123 e. The molecule has 4 heteroatoms. The number of hydrogen-bond donors (Lipinski definition) is 1. The predicted molar refractivity (Wildman–Crippen MR) is 90.9 cm³/mol. The SMILES string of the molecule is COc1ccc(Br)cc1CN1CCCc2c(N)cccc21. The van der Waals surface area contributed by atoms with Gasteiger partial charge in [-0.2, -0.15) is 0 Å². The number of nitrogen functional groups attached to an aromatic ring is 1. The van der Waals surface area contributed by atoms with E-state index in [2.05, 4.69) is 33.0 Å². The first-order chi connectivity index (χ1) is 10.2. The van der Waals surface area contributed by atoms with Crippen LogP contribution in [0.2, 0.25) is 0 Å². The highest BCUT2D eigenvalue weighted by Crippen LogP contribution is 2.34. The van der Waals surface area contributed by atoms with Gasteiger partial charge >= 0.3 is 0 Å². The van der Waals surface area contributed by atoms with Crippen LogP contribution in [0.1, 0.15) is 17.5 Å². The van der Waals surface area contributed by atoms with Crippen LogP contribution in [0.25, 0.3) is 0 Å². The van der Waals surface area contributed by atoms with Gasteiger partial charge in [-0.3, -0.25) is 0 Å². The Labute approximate surface area is 133 Å². The Morgan fingerprint density at radius 2 is 2.14 bits per heavy atom. The molecule has 0 saturated heterocycles. The molecule has 2 N–H and O–H groups in total. The van der Waals surface area contributed by atoms with Crippen LogP contribution in [0.5, 0.6) is 5.75 Å². The van der Waals surface area contributed by atoms with Crippen LogP contribution in [-0.4, -0.2) is 13.7 Å².